The van der Waals surface area contributed by atoms with Crippen LogP contribution in [0.3, 0.4) is 0 Å². The van der Waals surface area contributed by atoms with E-state index in [1.165, 1.54) is 0 Å². The molecule has 0 aromatic carbocycles. The average Bonchev–Trinajstić information content (AvgIpc) is 2.25. The van der Waals surface area contributed by atoms with E-state index < -0.39 is 13.0 Å². The first-order chi connectivity index (χ1) is 7.14. The molecule has 0 aliphatic rings. The van der Waals surface area contributed by atoms with Crippen LogP contribution in [-0.4, -0.2) is 30.2 Å². The van der Waals surface area contributed by atoms with E-state index in [1.54, 1.807) is 0 Å². The summed E-state index contributed by atoms with van der Waals surface area (Å²) < 4.78 is 21.8. The van der Waals surface area contributed by atoms with E-state index in [4.69, 9.17) is 14.3 Å². The lowest BCUT2D eigenvalue weighted by molar-refractivity contribution is -0.102. The van der Waals surface area contributed by atoms with Crippen LogP contribution < -0.4 is 0 Å². The Morgan fingerprint density at radius 2 is 1.80 bits per heavy atom. The molecular formula is C8H16NO5P. The lowest BCUT2D eigenvalue weighted by Crippen LogP contribution is -2.09. The minimum Gasteiger partial charge on any atom is -0.410 e. The summed E-state index contributed by atoms with van der Waals surface area (Å²) in [4.78, 5) is 10.5. The molecule has 1 N–H and O–H groups in total. The molecule has 0 spiro atoms. The molecule has 0 fully saturated rings. The molecule has 0 radical (unpaired) electrons. The first-order valence-corrected chi connectivity index (χ1v) is 6.25. The summed E-state index contributed by atoms with van der Waals surface area (Å²) in [5.74, 6) is 0. The van der Waals surface area contributed by atoms with Crippen molar-refractivity contribution in [2.75, 3.05) is 13.2 Å². The summed E-state index contributed by atoms with van der Waals surface area (Å²) >= 11 is 0. The van der Waals surface area contributed by atoms with Crippen molar-refractivity contribution in [3.63, 3.8) is 0 Å². The lowest BCUT2D eigenvalue weighted by Gasteiger charge is -2.15. The van der Waals surface area contributed by atoms with Gasteiger partial charge in [-0.1, -0.05) is 19.0 Å². The predicted octanol–water partition coefficient (Wildman–Crippen LogP) is 2.02. The lowest BCUT2D eigenvalue weighted by atomic mass is 10.5. The van der Waals surface area contributed by atoms with Crippen LogP contribution in [0.15, 0.2) is 5.16 Å². The van der Waals surface area contributed by atoms with Gasteiger partial charge in [-0.2, -0.15) is 0 Å². The fraction of sp³-hybridized carbons (Fsp3) is 0.750. The van der Waals surface area contributed by atoms with Crippen molar-refractivity contribution in [2.24, 2.45) is 5.16 Å². The van der Waals surface area contributed by atoms with Crippen LogP contribution in [0.4, 0.5) is 0 Å². The number of carbonyl (C=O) groups excluding carboxylic acids is 1. The number of hydrogen-bond acceptors (Lipinski definition) is 6. The quantitative estimate of drug-likeness (QED) is 0.229. The molecular weight excluding hydrogens is 221 g/mol. The molecule has 0 aliphatic heterocycles. The van der Waals surface area contributed by atoms with E-state index in [9.17, 15) is 9.36 Å². The molecule has 7 heteroatoms. The van der Waals surface area contributed by atoms with Crippen LogP contribution in [0, 0.1) is 0 Å². The fourth-order valence-corrected chi connectivity index (χ4v) is 2.16. The molecule has 0 heterocycles. The van der Waals surface area contributed by atoms with Gasteiger partial charge < -0.3 is 14.3 Å². The topological polar surface area (TPSA) is 85.2 Å². The maximum Gasteiger partial charge on any atom is 0.386 e. The zero-order chi connectivity index (χ0) is 11.7. The maximum atomic E-state index is 11.9. The molecule has 0 bridgehead atoms. The Morgan fingerprint density at radius 3 is 2.07 bits per heavy atom. The molecule has 0 aliphatic carbocycles. The van der Waals surface area contributed by atoms with Crippen LogP contribution in [0.1, 0.15) is 26.7 Å². The van der Waals surface area contributed by atoms with Crippen molar-refractivity contribution < 1.29 is 23.6 Å². The molecule has 0 saturated carbocycles. The summed E-state index contributed by atoms with van der Waals surface area (Å²) in [6.45, 7) is 3.99. The highest BCUT2D eigenvalue weighted by molar-refractivity contribution is 7.74. The van der Waals surface area contributed by atoms with Crippen molar-refractivity contribution in [2.45, 2.75) is 26.7 Å². The van der Waals surface area contributed by atoms with Crippen molar-refractivity contribution in [3.05, 3.63) is 0 Å². The van der Waals surface area contributed by atoms with Gasteiger partial charge in [0, 0.05) is 0 Å². The van der Waals surface area contributed by atoms with E-state index in [2.05, 4.69) is 5.16 Å². The van der Waals surface area contributed by atoms with Gasteiger partial charge in [0.05, 0.1) is 13.2 Å². The molecule has 0 aromatic rings. The van der Waals surface area contributed by atoms with Gasteiger partial charge >= 0.3 is 7.60 Å². The predicted molar refractivity (Wildman–Crippen MR) is 55.4 cm³/mol. The normalized spacial score (nSPS) is 12.8. The molecule has 0 rings (SSSR count). The highest BCUT2D eigenvalue weighted by atomic mass is 31.2. The largest absolute Gasteiger partial charge is 0.410 e. The highest BCUT2D eigenvalue weighted by Crippen LogP contribution is 2.49. The Hall–Kier alpha value is -0.710. The van der Waals surface area contributed by atoms with Gasteiger partial charge in [0.2, 0.25) is 5.45 Å². The molecule has 15 heavy (non-hydrogen) atoms. The SMILES string of the molecule is CCCOP(=O)(OCCC)C(C=O)=NO. The molecule has 88 valence electrons. The van der Waals surface area contributed by atoms with Gasteiger partial charge in [0.25, 0.3) is 0 Å². The molecule has 0 unspecified atom stereocenters. The second-order valence-electron chi connectivity index (χ2n) is 2.74. The number of rotatable bonds is 8. The standard InChI is InChI=1S/C8H16NO5P/c1-3-5-13-15(12,14-6-4-2)8(7-10)9-11/h7,11H,3-6H2,1-2H3. The number of carbonyl (C=O) groups is 1. The fourth-order valence-electron chi connectivity index (χ4n) is 0.735. The smallest absolute Gasteiger partial charge is 0.386 e. The van der Waals surface area contributed by atoms with Gasteiger partial charge in [-0.25, -0.2) is 0 Å². The number of hydrogen-bond donors (Lipinski definition) is 1. The van der Waals surface area contributed by atoms with Gasteiger partial charge in [-0.3, -0.25) is 9.36 Å². The van der Waals surface area contributed by atoms with Crippen LogP contribution in [0.2, 0.25) is 0 Å². The molecule has 0 atom stereocenters. The number of oxime groups is 1. The monoisotopic (exact) mass is 237 g/mol. The van der Waals surface area contributed by atoms with Crippen LogP contribution in [0.5, 0.6) is 0 Å². The Labute approximate surface area is 88.8 Å². The van der Waals surface area contributed by atoms with Gasteiger partial charge in [-0.15, -0.1) is 0 Å². The Balaban J connectivity index is 4.67. The average molecular weight is 237 g/mol. The van der Waals surface area contributed by atoms with E-state index in [1.807, 2.05) is 13.8 Å². The first kappa shape index (κ1) is 14.3. The van der Waals surface area contributed by atoms with Crippen LogP contribution >= 0.6 is 7.60 Å². The third-order valence-corrected chi connectivity index (χ3v) is 3.22. The van der Waals surface area contributed by atoms with Crippen molar-refractivity contribution in [1.29, 1.82) is 0 Å². The summed E-state index contributed by atoms with van der Waals surface area (Å²) in [6, 6.07) is 0. The van der Waals surface area contributed by atoms with E-state index in [-0.39, 0.29) is 19.5 Å². The second kappa shape index (κ2) is 7.56. The molecule has 6 nitrogen and oxygen atoms in total. The Bertz CT molecular complexity index is 254. The zero-order valence-electron chi connectivity index (χ0n) is 8.88. The zero-order valence-corrected chi connectivity index (χ0v) is 9.77. The maximum absolute atomic E-state index is 11.9. The van der Waals surface area contributed by atoms with Gasteiger partial charge in [0.15, 0.2) is 6.29 Å². The molecule has 0 aromatic heterocycles. The number of aldehydes is 1. The Morgan fingerprint density at radius 1 is 1.33 bits per heavy atom. The summed E-state index contributed by atoms with van der Waals surface area (Å²) in [5, 5.41) is 11.1. The molecule has 0 amide bonds. The van der Waals surface area contributed by atoms with Gasteiger partial charge in [0.1, 0.15) is 0 Å². The third kappa shape index (κ3) is 4.55. The minimum absolute atomic E-state index is 0.173. The van der Waals surface area contributed by atoms with E-state index >= 15 is 0 Å². The summed E-state index contributed by atoms with van der Waals surface area (Å²) in [6.07, 6.45) is 1.42. The first-order valence-electron chi connectivity index (χ1n) is 4.71. The van der Waals surface area contributed by atoms with Crippen LogP contribution in [0.25, 0.3) is 0 Å². The van der Waals surface area contributed by atoms with Crippen molar-refractivity contribution in [3.8, 4) is 0 Å². The Kier molecular flexibility index (Phi) is 7.21. The van der Waals surface area contributed by atoms with Gasteiger partial charge in [-0.05, 0) is 12.8 Å². The van der Waals surface area contributed by atoms with E-state index in [0.717, 1.165) is 0 Å². The van der Waals surface area contributed by atoms with Crippen molar-refractivity contribution >= 4 is 19.3 Å². The van der Waals surface area contributed by atoms with E-state index in [0.29, 0.717) is 12.8 Å². The minimum atomic E-state index is -3.73. The van der Waals surface area contributed by atoms with Crippen LogP contribution in [-0.2, 0) is 18.4 Å². The highest BCUT2D eigenvalue weighted by Gasteiger charge is 2.32. The second-order valence-corrected chi connectivity index (χ2v) is 4.71. The van der Waals surface area contributed by atoms with Crippen molar-refractivity contribution in [1.82, 2.24) is 0 Å². The summed E-state index contributed by atoms with van der Waals surface area (Å²) in [5.41, 5.74) is -0.593. The third-order valence-electron chi connectivity index (χ3n) is 1.42. The molecule has 0 saturated heterocycles. The summed E-state index contributed by atoms with van der Waals surface area (Å²) in [7, 11) is -3.73. The number of nitrogens with zero attached hydrogens (tertiary/aromatic N) is 1.